The minimum absolute atomic E-state index is 0.0109. The number of hydrogen-bond acceptors (Lipinski definition) is 6. The molecule has 1 saturated heterocycles. The van der Waals surface area contributed by atoms with Gasteiger partial charge in [0.15, 0.2) is 0 Å². The standard InChI is InChI=1S/C22H27NO5S/c1-3-28-22(24)18-12-14-23(15-13-18)16-17-4-8-20(9-5-17)29(25,26)21-10-6-19(27-2)7-11-21/h4-11,18H,3,12-16H2,1-2H3. The number of likely N-dealkylation sites (tertiary alicyclic amines) is 1. The zero-order valence-corrected chi connectivity index (χ0v) is 17.7. The Kier molecular flexibility index (Phi) is 6.92. The molecule has 7 heteroatoms. The first-order valence-corrected chi connectivity index (χ1v) is 11.3. The molecule has 0 aromatic heterocycles. The van der Waals surface area contributed by atoms with E-state index in [9.17, 15) is 13.2 Å². The van der Waals surface area contributed by atoms with E-state index < -0.39 is 9.84 Å². The van der Waals surface area contributed by atoms with Crippen LogP contribution in [0.5, 0.6) is 5.75 Å². The third-order valence-electron chi connectivity index (χ3n) is 5.22. The first-order valence-electron chi connectivity index (χ1n) is 9.81. The van der Waals surface area contributed by atoms with Crippen molar-refractivity contribution < 1.29 is 22.7 Å². The predicted octanol–water partition coefficient (Wildman–Crippen LogP) is 3.30. The summed E-state index contributed by atoms with van der Waals surface area (Å²) >= 11 is 0. The molecule has 0 spiro atoms. The van der Waals surface area contributed by atoms with Gasteiger partial charge in [-0.15, -0.1) is 0 Å². The van der Waals surface area contributed by atoms with Crippen molar-refractivity contribution in [2.24, 2.45) is 5.92 Å². The maximum Gasteiger partial charge on any atom is 0.309 e. The number of esters is 1. The number of carbonyl (C=O) groups excluding carboxylic acids is 1. The lowest BCUT2D eigenvalue weighted by Crippen LogP contribution is -2.36. The third kappa shape index (κ3) is 5.16. The number of benzene rings is 2. The zero-order chi connectivity index (χ0) is 20.9. The molecule has 1 aliphatic heterocycles. The fourth-order valence-corrected chi connectivity index (χ4v) is 4.77. The molecule has 2 aromatic carbocycles. The summed E-state index contributed by atoms with van der Waals surface area (Å²) in [5, 5.41) is 0. The fraction of sp³-hybridized carbons (Fsp3) is 0.409. The Morgan fingerprint density at radius 3 is 2.07 bits per heavy atom. The van der Waals surface area contributed by atoms with Crippen molar-refractivity contribution >= 4 is 15.8 Å². The van der Waals surface area contributed by atoms with Gasteiger partial charge in [0, 0.05) is 6.54 Å². The van der Waals surface area contributed by atoms with Crippen molar-refractivity contribution in [3.05, 3.63) is 54.1 Å². The normalized spacial score (nSPS) is 15.8. The average Bonchev–Trinajstić information content (AvgIpc) is 2.75. The van der Waals surface area contributed by atoms with E-state index in [1.165, 1.54) is 0 Å². The summed E-state index contributed by atoms with van der Waals surface area (Å²) in [6.07, 6.45) is 1.59. The molecular formula is C22H27NO5S. The van der Waals surface area contributed by atoms with Gasteiger partial charge in [-0.1, -0.05) is 12.1 Å². The van der Waals surface area contributed by atoms with Gasteiger partial charge in [-0.2, -0.15) is 0 Å². The number of piperidine rings is 1. The van der Waals surface area contributed by atoms with Crippen molar-refractivity contribution in [1.29, 1.82) is 0 Å². The van der Waals surface area contributed by atoms with E-state index in [4.69, 9.17) is 9.47 Å². The minimum atomic E-state index is -3.56. The number of ether oxygens (including phenoxy) is 2. The Labute approximate surface area is 172 Å². The molecular weight excluding hydrogens is 390 g/mol. The van der Waals surface area contributed by atoms with Crippen molar-refractivity contribution in [1.82, 2.24) is 4.90 Å². The largest absolute Gasteiger partial charge is 0.497 e. The van der Waals surface area contributed by atoms with E-state index in [-0.39, 0.29) is 21.7 Å². The average molecular weight is 418 g/mol. The second-order valence-corrected chi connectivity index (χ2v) is 9.08. The molecule has 0 N–H and O–H groups in total. The van der Waals surface area contributed by atoms with Crippen molar-refractivity contribution in [2.45, 2.75) is 36.1 Å². The highest BCUT2D eigenvalue weighted by atomic mass is 32.2. The number of methoxy groups -OCH3 is 1. The van der Waals surface area contributed by atoms with Crippen LogP contribution in [0.2, 0.25) is 0 Å². The van der Waals surface area contributed by atoms with Crippen LogP contribution in [-0.2, 0) is 25.9 Å². The van der Waals surface area contributed by atoms with Crippen LogP contribution < -0.4 is 4.74 Å². The fourth-order valence-electron chi connectivity index (χ4n) is 3.51. The Bertz CT molecular complexity index is 915. The quantitative estimate of drug-likeness (QED) is 0.644. The smallest absolute Gasteiger partial charge is 0.309 e. The van der Waals surface area contributed by atoms with Crippen LogP contribution in [0.15, 0.2) is 58.3 Å². The molecule has 6 nitrogen and oxygen atoms in total. The van der Waals surface area contributed by atoms with Gasteiger partial charge in [0.2, 0.25) is 9.84 Å². The molecule has 2 aromatic rings. The van der Waals surface area contributed by atoms with Crippen LogP contribution in [0.1, 0.15) is 25.3 Å². The van der Waals surface area contributed by atoms with Crippen LogP contribution >= 0.6 is 0 Å². The number of sulfone groups is 1. The van der Waals surface area contributed by atoms with Gasteiger partial charge in [-0.05, 0) is 74.8 Å². The van der Waals surface area contributed by atoms with Crippen LogP contribution in [0.4, 0.5) is 0 Å². The van der Waals surface area contributed by atoms with E-state index in [0.717, 1.165) is 38.0 Å². The molecule has 0 atom stereocenters. The molecule has 0 bridgehead atoms. The van der Waals surface area contributed by atoms with E-state index in [1.54, 1.807) is 43.5 Å². The Balaban J connectivity index is 1.61. The van der Waals surface area contributed by atoms with Crippen molar-refractivity contribution in [3.8, 4) is 5.75 Å². The molecule has 0 unspecified atom stereocenters. The maximum atomic E-state index is 12.8. The van der Waals surface area contributed by atoms with Gasteiger partial charge in [0.25, 0.3) is 0 Å². The highest BCUT2D eigenvalue weighted by Crippen LogP contribution is 2.24. The Morgan fingerprint density at radius 1 is 1.00 bits per heavy atom. The van der Waals surface area contributed by atoms with E-state index in [0.29, 0.717) is 12.4 Å². The summed E-state index contributed by atoms with van der Waals surface area (Å²) < 4.78 is 35.8. The summed E-state index contributed by atoms with van der Waals surface area (Å²) in [6.45, 7) is 4.64. The zero-order valence-electron chi connectivity index (χ0n) is 16.8. The van der Waals surface area contributed by atoms with E-state index >= 15 is 0 Å². The SMILES string of the molecule is CCOC(=O)C1CCN(Cc2ccc(S(=O)(=O)c3ccc(OC)cc3)cc2)CC1. The summed E-state index contributed by atoms with van der Waals surface area (Å²) in [5.74, 6) is 0.509. The number of nitrogens with zero attached hydrogens (tertiary/aromatic N) is 1. The second kappa shape index (κ2) is 9.41. The molecule has 3 rings (SSSR count). The molecule has 0 amide bonds. The van der Waals surface area contributed by atoms with Crippen LogP contribution in [-0.4, -0.2) is 46.1 Å². The van der Waals surface area contributed by atoms with Gasteiger partial charge in [0.1, 0.15) is 5.75 Å². The molecule has 0 aliphatic carbocycles. The Hall–Kier alpha value is -2.38. The number of rotatable bonds is 7. The molecule has 0 radical (unpaired) electrons. The van der Waals surface area contributed by atoms with Gasteiger partial charge in [-0.3, -0.25) is 9.69 Å². The van der Waals surface area contributed by atoms with Gasteiger partial charge < -0.3 is 9.47 Å². The minimum Gasteiger partial charge on any atom is -0.497 e. The first-order chi connectivity index (χ1) is 13.9. The van der Waals surface area contributed by atoms with Gasteiger partial charge in [-0.25, -0.2) is 8.42 Å². The highest BCUT2D eigenvalue weighted by molar-refractivity contribution is 7.91. The molecule has 1 heterocycles. The van der Waals surface area contributed by atoms with Gasteiger partial charge in [0.05, 0.1) is 29.4 Å². The van der Waals surface area contributed by atoms with Crippen LogP contribution in [0.25, 0.3) is 0 Å². The monoisotopic (exact) mass is 417 g/mol. The molecule has 156 valence electrons. The number of carbonyl (C=O) groups is 1. The summed E-state index contributed by atoms with van der Waals surface area (Å²) in [5.41, 5.74) is 1.05. The number of hydrogen-bond donors (Lipinski definition) is 0. The molecule has 1 fully saturated rings. The van der Waals surface area contributed by atoms with Crippen LogP contribution in [0, 0.1) is 5.92 Å². The third-order valence-corrected chi connectivity index (χ3v) is 7.00. The lowest BCUT2D eigenvalue weighted by atomic mass is 9.96. The first kappa shape index (κ1) is 21.3. The van der Waals surface area contributed by atoms with Crippen molar-refractivity contribution in [3.63, 3.8) is 0 Å². The Morgan fingerprint density at radius 2 is 1.55 bits per heavy atom. The van der Waals surface area contributed by atoms with E-state index in [2.05, 4.69) is 4.90 Å². The van der Waals surface area contributed by atoms with Gasteiger partial charge >= 0.3 is 5.97 Å². The van der Waals surface area contributed by atoms with Crippen molar-refractivity contribution in [2.75, 3.05) is 26.8 Å². The molecule has 29 heavy (non-hydrogen) atoms. The highest BCUT2D eigenvalue weighted by Gasteiger charge is 2.26. The second-order valence-electron chi connectivity index (χ2n) is 7.13. The predicted molar refractivity (Wildman–Crippen MR) is 110 cm³/mol. The summed E-state index contributed by atoms with van der Waals surface area (Å²) in [4.78, 5) is 14.6. The topological polar surface area (TPSA) is 72.9 Å². The lowest BCUT2D eigenvalue weighted by molar-refractivity contribution is -0.149. The maximum absolute atomic E-state index is 12.8. The summed E-state index contributed by atoms with van der Waals surface area (Å²) in [6, 6.07) is 13.4. The lowest BCUT2D eigenvalue weighted by Gasteiger charge is -2.30. The van der Waals surface area contributed by atoms with Crippen LogP contribution in [0.3, 0.4) is 0 Å². The summed E-state index contributed by atoms with van der Waals surface area (Å²) in [7, 11) is -2.01. The molecule has 1 aliphatic rings. The van der Waals surface area contributed by atoms with E-state index in [1.807, 2.05) is 19.1 Å². The molecule has 0 saturated carbocycles.